The minimum absolute atomic E-state index is 0.300. The van der Waals surface area contributed by atoms with E-state index in [1.165, 1.54) is 0 Å². The third-order valence-corrected chi connectivity index (χ3v) is 4.76. The van der Waals surface area contributed by atoms with Crippen LogP contribution in [0.1, 0.15) is 51.5 Å². The molecule has 0 saturated heterocycles. The maximum atomic E-state index is 12.7. The third-order valence-electron chi connectivity index (χ3n) is 4.76. The van der Waals surface area contributed by atoms with Gasteiger partial charge in [-0.25, -0.2) is 4.79 Å². The third kappa shape index (κ3) is 6.05. The normalized spacial score (nSPS) is 11.4. The van der Waals surface area contributed by atoms with E-state index >= 15 is 0 Å². The van der Waals surface area contributed by atoms with Crippen LogP contribution >= 0.6 is 0 Å². The van der Waals surface area contributed by atoms with Crippen molar-refractivity contribution in [3.63, 3.8) is 0 Å². The zero-order valence-electron chi connectivity index (χ0n) is 17.6. The summed E-state index contributed by atoms with van der Waals surface area (Å²) in [6.45, 7) is 2.99. The maximum absolute atomic E-state index is 12.7. The number of rotatable bonds is 9. The summed E-state index contributed by atoms with van der Waals surface area (Å²) in [5.74, 6) is 10.2. The molecule has 160 valence electrons. The average molecular weight is 418 g/mol. The predicted molar refractivity (Wildman–Crippen MR) is 123 cm³/mol. The summed E-state index contributed by atoms with van der Waals surface area (Å²) in [6.07, 6.45) is 8.45. The molecule has 31 heavy (non-hydrogen) atoms. The van der Waals surface area contributed by atoms with Crippen LogP contribution in [-0.4, -0.2) is 29.6 Å². The highest BCUT2D eigenvalue weighted by Gasteiger charge is 2.16. The summed E-state index contributed by atoms with van der Waals surface area (Å²) < 4.78 is 7.41. The van der Waals surface area contributed by atoms with E-state index in [1.807, 2.05) is 72.4 Å². The van der Waals surface area contributed by atoms with Crippen molar-refractivity contribution >= 4 is 18.4 Å². The number of nitrogens with two attached hydrogens (primary N) is 2. The quantitative estimate of drug-likeness (QED) is 0.241. The van der Waals surface area contributed by atoms with Gasteiger partial charge in [-0.3, -0.25) is 0 Å². The molecule has 7 nitrogen and oxygen atoms in total. The lowest BCUT2D eigenvalue weighted by molar-refractivity contribution is 0.0504. The fourth-order valence-corrected chi connectivity index (χ4v) is 3.34. The number of carbonyl (C=O) groups is 1. The molecule has 0 radical (unpaired) electrons. The van der Waals surface area contributed by atoms with Gasteiger partial charge in [0, 0.05) is 18.9 Å². The SMILES string of the molecule is CCCOC(=O)c1cn(Cc2cccc(C=NN)c2)cc1Cc1ccc(C=NN)cc1. The Hall–Kier alpha value is -3.87. The first-order valence-corrected chi connectivity index (χ1v) is 10.1. The topological polar surface area (TPSA) is 108 Å². The second-order valence-electron chi connectivity index (χ2n) is 7.23. The largest absolute Gasteiger partial charge is 0.462 e. The van der Waals surface area contributed by atoms with Crippen molar-refractivity contribution in [3.8, 4) is 0 Å². The second-order valence-corrected chi connectivity index (χ2v) is 7.23. The van der Waals surface area contributed by atoms with Crippen LogP contribution in [-0.2, 0) is 17.7 Å². The Morgan fingerprint density at radius 2 is 1.74 bits per heavy atom. The number of aromatic nitrogens is 1. The van der Waals surface area contributed by atoms with Gasteiger partial charge >= 0.3 is 5.97 Å². The predicted octanol–water partition coefficient (Wildman–Crippen LogP) is 3.28. The number of hydrazone groups is 2. The van der Waals surface area contributed by atoms with Crippen LogP contribution in [0.5, 0.6) is 0 Å². The molecule has 1 aromatic heterocycles. The Morgan fingerprint density at radius 1 is 1.00 bits per heavy atom. The molecular formula is C24H27N5O2. The van der Waals surface area contributed by atoms with Gasteiger partial charge in [0.05, 0.1) is 24.6 Å². The molecule has 0 fully saturated rings. The number of nitrogens with zero attached hydrogens (tertiary/aromatic N) is 3. The zero-order valence-corrected chi connectivity index (χ0v) is 17.6. The number of carbonyl (C=O) groups excluding carboxylic acids is 1. The van der Waals surface area contributed by atoms with Crippen molar-refractivity contribution in [1.29, 1.82) is 0 Å². The minimum atomic E-state index is -0.300. The summed E-state index contributed by atoms with van der Waals surface area (Å²) in [5.41, 5.74) is 5.51. The molecule has 0 atom stereocenters. The Bertz CT molecular complexity index is 1070. The lowest BCUT2D eigenvalue weighted by Crippen LogP contribution is -2.07. The first kappa shape index (κ1) is 21.8. The molecule has 1 heterocycles. The minimum Gasteiger partial charge on any atom is -0.462 e. The van der Waals surface area contributed by atoms with Gasteiger partial charge in [-0.1, -0.05) is 49.4 Å². The Balaban J connectivity index is 1.86. The lowest BCUT2D eigenvalue weighted by Gasteiger charge is -2.05. The summed E-state index contributed by atoms with van der Waals surface area (Å²) in [6, 6.07) is 15.8. The molecule has 0 unspecified atom stereocenters. The zero-order chi connectivity index (χ0) is 22.1. The van der Waals surface area contributed by atoms with Crippen molar-refractivity contribution < 1.29 is 9.53 Å². The standard InChI is InChI=1S/C24H27N5O2/c1-2-10-31-24(30)23-17-29(15-21-5-3-4-20(11-21)14-28-26)16-22(23)12-18-6-8-19(9-7-18)13-27-25/h3-9,11,13-14,16-17H,2,10,12,15,25-26H2,1H3. The first-order valence-electron chi connectivity index (χ1n) is 10.1. The average Bonchev–Trinajstić information content (AvgIpc) is 3.16. The van der Waals surface area contributed by atoms with Gasteiger partial charge in [-0.2, -0.15) is 10.2 Å². The highest BCUT2D eigenvalue weighted by atomic mass is 16.5. The van der Waals surface area contributed by atoms with E-state index in [-0.39, 0.29) is 5.97 Å². The van der Waals surface area contributed by atoms with Crippen LogP contribution in [0.15, 0.2) is 71.1 Å². The van der Waals surface area contributed by atoms with Crippen LogP contribution in [0, 0.1) is 0 Å². The summed E-state index contributed by atoms with van der Waals surface area (Å²) >= 11 is 0. The van der Waals surface area contributed by atoms with E-state index in [2.05, 4.69) is 10.2 Å². The van der Waals surface area contributed by atoms with Crippen molar-refractivity contribution in [3.05, 3.63) is 94.3 Å². The van der Waals surface area contributed by atoms with E-state index in [1.54, 1.807) is 12.4 Å². The van der Waals surface area contributed by atoms with E-state index in [4.69, 9.17) is 16.4 Å². The molecule has 7 heteroatoms. The number of hydrogen-bond donors (Lipinski definition) is 2. The molecule has 0 aliphatic carbocycles. The number of esters is 1. The monoisotopic (exact) mass is 417 g/mol. The molecule has 3 aromatic rings. The fraction of sp³-hybridized carbons (Fsp3) is 0.208. The van der Waals surface area contributed by atoms with Gasteiger partial charge in [-0.15, -0.1) is 0 Å². The molecule has 0 spiro atoms. The van der Waals surface area contributed by atoms with Gasteiger partial charge in [0.15, 0.2) is 0 Å². The highest BCUT2D eigenvalue weighted by Crippen LogP contribution is 2.19. The molecule has 3 rings (SSSR count). The van der Waals surface area contributed by atoms with E-state index in [9.17, 15) is 4.79 Å². The molecular weight excluding hydrogens is 390 g/mol. The van der Waals surface area contributed by atoms with Gasteiger partial charge < -0.3 is 21.0 Å². The molecule has 0 amide bonds. The number of hydrogen-bond acceptors (Lipinski definition) is 6. The summed E-state index contributed by atoms with van der Waals surface area (Å²) in [5, 5.41) is 7.12. The Morgan fingerprint density at radius 3 is 2.45 bits per heavy atom. The van der Waals surface area contributed by atoms with Crippen LogP contribution in [0.25, 0.3) is 0 Å². The van der Waals surface area contributed by atoms with Crippen molar-refractivity contribution in [2.45, 2.75) is 26.3 Å². The Labute approximate surface area is 182 Å². The molecule has 0 bridgehead atoms. The smallest absolute Gasteiger partial charge is 0.339 e. The Kier molecular flexibility index (Phi) is 7.59. The second kappa shape index (κ2) is 10.8. The van der Waals surface area contributed by atoms with Gasteiger partial charge in [0.2, 0.25) is 0 Å². The molecule has 0 aliphatic rings. The van der Waals surface area contributed by atoms with Crippen LogP contribution in [0.3, 0.4) is 0 Å². The highest BCUT2D eigenvalue weighted by molar-refractivity contribution is 5.91. The van der Waals surface area contributed by atoms with Crippen LogP contribution in [0.4, 0.5) is 0 Å². The molecule has 4 N–H and O–H groups in total. The summed E-state index contributed by atoms with van der Waals surface area (Å²) in [7, 11) is 0. The van der Waals surface area contributed by atoms with Crippen molar-refractivity contribution in [2.24, 2.45) is 21.9 Å². The van der Waals surface area contributed by atoms with Crippen LogP contribution < -0.4 is 11.7 Å². The molecule has 0 aliphatic heterocycles. The van der Waals surface area contributed by atoms with E-state index < -0.39 is 0 Å². The lowest BCUT2D eigenvalue weighted by atomic mass is 10.0. The number of ether oxygens (including phenoxy) is 1. The van der Waals surface area contributed by atoms with Crippen molar-refractivity contribution in [2.75, 3.05) is 6.61 Å². The first-order chi connectivity index (χ1) is 15.1. The van der Waals surface area contributed by atoms with Crippen LogP contribution in [0.2, 0.25) is 0 Å². The van der Waals surface area contributed by atoms with Gasteiger partial charge in [-0.05, 0) is 46.7 Å². The number of benzene rings is 2. The fourth-order valence-electron chi connectivity index (χ4n) is 3.34. The van der Waals surface area contributed by atoms with Gasteiger partial charge in [0.25, 0.3) is 0 Å². The van der Waals surface area contributed by atoms with E-state index in [0.29, 0.717) is 25.1 Å². The van der Waals surface area contributed by atoms with Crippen molar-refractivity contribution in [1.82, 2.24) is 4.57 Å². The summed E-state index contributed by atoms with van der Waals surface area (Å²) in [4.78, 5) is 12.7. The molecule has 2 aromatic carbocycles. The van der Waals surface area contributed by atoms with Gasteiger partial charge in [0.1, 0.15) is 0 Å². The van der Waals surface area contributed by atoms with E-state index in [0.717, 1.165) is 34.2 Å². The maximum Gasteiger partial charge on any atom is 0.339 e. The molecule has 0 saturated carbocycles.